The predicted molar refractivity (Wildman–Crippen MR) is 77.7 cm³/mol. The van der Waals surface area contributed by atoms with Gasteiger partial charge in [0.25, 0.3) is 0 Å². The van der Waals surface area contributed by atoms with E-state index < -0.39 is 0 Å². The lowest BCUT2D eigenvalue weighted by Gasteiger charge is -2.36. The minimum atomic E-state index is -0.308. The van der Waals surface area contributed by atoms with Gasteiger partial charge in [-0.05, 0) is 45.4 Å². The number of hydrogen-bond acceptors (Lipinski definition) is 3. The molecular formula is C15H30N2O2. The quantitative estimate of drug-likeness (QED) is 0.802. The van der Waals surface area contributed by atoms with Crippen LogP contribution in [0.4, 0.5) is 0 Å². The van der Waals surface area contributed by atoms with Crippen LogP contribution in [0.25, 0.3) is 0 Å². The van der Waals surface area contributed by atoms with Gasteiger partial charge in [-0.25, -0.2) is 0 Å². The van der Waals surface area contributed by atoms with Crippen LogP contribution in [0.5, 0.6) is 0 Å². The Balaban J connectivity index is 2.49. The first kappa shape index (κ1) is 16.4. The van der Waals surface area contributed by atoms with Crippen molar-refractivity contribution in [3.63, 3.8) is 0 Å². The molecule has 0 heterocycles. The van der Waals surface area contributed by atoms with Gasteiger partial charge in [0.15, 0.2) is 0 Å². The second-order valence-electron chi connectivity index (χ2n) is 6.61. The summed E-state index contributed by atoms with van der Waals surface area (Å²) >= 11 is 0. The molecule has 19 heavy (non-hydrogen) atoms. The summed E-state index contributed by atoms with van der Waals surface area (Å²) < 4.78 is 5.59. The lowest BCUT2D eigenvalue weighted by Crippen LogP contribution is -2.48. The summed E-state index contributed by atoms with van der Waals surface area (Å²) in [5.41, 5.74) is 5.79. The van der Waals surface area contributed by atoms with Crippen LogP contribution < -0.4 is 11.1 Å². The maximum atomic E-state index is 12.3. The number of hydrogen-bond donors (Lipinski definition) is 2. The second-order valence-corrected chi connectivity index (χ2v) is 6.61. The molecule has 1 rings (SSSR count). The van der Waals surface area contributed by atoms with Gasteiger partial charge in [-0.2, -0.15) is 0 Å². The largest absolute Gasteiger partial charge is 0.374 e. The highest BCUT2D eigenvalue weighted by Crippen LogP contribution is 2.32. The molecular weight excluding hydrogens is 240 g/mol. The van der Waals surface area contributed by atoms with Gasteiger partial charge in [0.05, 0.1) is 5.60 Å². The number of nitrogens with one attached hydrogen (secondary N) is 1. The molecule has 0 saturated heterocycles. The molecule has 4 nitrogen and oxygen atoms in total. The second kappa shape index (κ2) is 6.71. The number of ether oxygens (including phenoxy) is 1. The fourth-order valence-electron chi connectivity index (χ4n) is 2.92. The highest BCUT2D eigenvalue weighted by atomic mass is 16.5. The molecule has 1 amide bonds. The van der Waals surface area contributed by atoms with Crippen LogP contribution in [-0.2, 0) is 9.53 Å². The molecule has 112 valence electrons. The topological polar surface area (TPSA) is 64.3 Å². The maximum absolute atomic E-state index is 12.3. The van der Waals surface area contributed by atoms with Crippen LogP contribution in [0.1, 0.15) is 47.5 Å². The fourth-order valence-corrected chi connectivity index (χ4v) is 2.92. The van der Waals surface area contributed by atoms with Crippen molar-refractivity contribution in [1.29, 1.82) is 0 Å². The van der Waals surface area contributed by atoms with Crippen molar-refractivity contribution in [1.82, 2.24) is 5.32 Å². The maximum Gasteiger partial charge on any atom is 0.223 e. The van der Waals surface area contributed by atoms with E-state index >= 15 is 0 Å². The molecule has 1 fully saturated rings. The predicted octanol–water partition coefficient (Wildman–Crippen LogP) is 1.93. The van der Waals surface area contributed by atoms with Gasteiger partial charge in [-0.1, -0.05) is 13.8 Å². The molecule has 4 unspecified atom stereocenters. The van der Waals surface area contributed by atoms with Crippen LogP contribution >= 0.6 is 0 Å². The number of carbonyl (C=O) groups excluding carboxylic acids is 1. The zero-order valence-corrected chi connectivity index (χ0v) is 13.0. The van der Waals surface area contributed by atoms with Gasteiger partial charge in [-0.15, -0.1) is 0 Å². The fraction of sp³-hybridized carbons (Fsp3) is 0.933. The van der Waals surface area contributed by atoms with Gasteiger partial charge in [0, 0.05) is 25.1 Å². The molecule has 4 atom stereocenters. The zero-order valence-electron chi connectivity index (χ0n) is 13.0. The first-order valence-electron chi connectivity index (χ1n) is 7.44. The average Bonchev–Trinajstić information content (AvgIpc) is 2.31. The van der Waals surface area contributed by atoms with Gasteiger partial charge >= 0.3 is 0 Å². The molecule has 0 aromatic rings. The molecule has 4 heteroatoms. The molecule has 0 bridgehead atoms. The number of amides is 1. The Hall–Kier alpha value is -0.610. The lowest BCUT2D eigenvalue weighted by atomic mass is 9.72. The van der Waals surface area contributed by atoms with Crippen LogP contribution in [0, 0.1) is 17.8 Å². The van der Waals surface area contributed by atoms with Crippen molar-refractivity contribution in [3.8, 4) is 0 Å². The molecule has 0 spiro atoms. The number of rotatable bonds is 5. The van der Waals surface area contributed by atoms with E-state index in [2.05, 4.69) is 19.2 Å². The highest BCUT2D eigenvalue weighted by Gasteiger charge is 2.35. The van der Waals surface area contributed by atoms with E-state index in [1.54, 1.807) is 0 Å². The van der Waals surface area contributed by atoms with E-state index in [4.69, 9.17) is 10.5 Å². The van der Waals surface area contributed by atoms with Crippen LogP contribution in [0.2, 0.25) is 0 Å². The number of nitrogens with two attached hydrogens (primary N) is 1. The van der Waals surface area contributed by atoms with Crippen LogP contribution in [-0.4, -0.2) is 30.7 Å². The monoisotopic (exact) mass is 270 g/mol. The Kier molecular flexibility index (Phi) is 5.81. The third kappa shape index (κ3) is 4.77. The van der Waals surface area contributed by atoms with E-state index in [1.165, 1.54) is 0 Å². The SMILES string of the molecule is CCOC(C)(C)CNC(=O)C1CC(N)C(C)CC1C. The van der Waals surface area contributed by atoms with Crippen LogP contribution in [0.15, 0.2) is 0 Å². The van der Waals surface area contributed by atoms with E-state index in [-0.39, 0.29) is 23.5 Å². The smallest absolute Gasteiger partial charge is 0.223 e. The first-order chi connectivity index (χ1) is 8.76. The van der Waals surface area contributed by atoms with Gasteiger partial charge in [0.1, 0.15) is 0 Å². The van der Waals surface area contributed by atoms with E-state index in [0.29, 0.717) is 25.0 Å². The lowest BCUT2D eigenvalue weighted by molar-refractivity contribution is -0.129. The van der Waals surface area contributed by atoms with Crippen molar-refractivity contribution in [2.75, 3.05) is 13.2 Å². The summed E-state index contributed by atoms with van der Waals surface area (Å²) in [6.07, 6.45) is 1.83. The summed E-state index contributed by atoms with van der Waals surface area (Å²) in [4.78, 5) is 12.3. The summed E-state index contributed by atoms with van der Waals surface area (Å²) in [6, 6.07) is 0.145. The molecule has 0 aliphatic heterocycles. The van der Waals surface area contributed by atoms with E-state index in [9.17, 15) is 4.79 Å². The van der Waals surface area contributed by atoms with Crippen molar-refractivity contribution in [2.24, 2.45) is 23.5 Å². The zero-order chi connectivity index (χ0) is 14.6. The molecule has 0 aromatic heterocycles. The summed E-state index contributed by atoms with van der Waals surface area (Å²) in [7, 11) is 0. The summed E-state index contributed by atoms with van der Waals surface area (Å²) in [6.45, 7) is 11.5. The Morgan fingerprint density at radius 2 is 1.95 bits per heavy atom. The first-order valence-corrected chi connectivity index (χ1v) is 7.44. The van der Waals surface area contributed by atoms with Crippen LogP contribution in [0.3, 0.4) is 0 Å². The summed E-state index contributed by atoms with van der Waals surface area (Å²) in [5.74, 6) is 1.09. The van der Waals surface area contributed by atoms with Gasteiger partial charge in [-0.3, -0.25) is 4.79 Å². The minimum Gasteiger partial charge on any atom is -0.374 e. The van der Waals surface area contributed by atoms with Crippen molar-refractivity contribution < 1.29 is 9.53 Å². The third-order valence-corrected chi connectivity index (χ3v) is 4.25. The van der Waals surface area contributed by atoms with Crippen molar-refractivity contribution in [3.05, 3.63) is 0 Å². The summed E-state index contributed by atoms with van der Waals surface area (Å²) in [5, 5.41) is 3.02. The van der Waals surface area contributed by atoms with Gasteiger partial charge in [0.2, 0.25) is 5.91 Å². The Bertz CT molecular complexity index is 305. The average molecular weight is 270 g/mol. The highest BCUT2D eigenvalue weighted by molar-refractivity contribution is 5.79. The molecule has 3 N–H and O–H groups in total. The Morgan fingerprint density at radius 3 is 2.53 bits per heavy atom. The third-order valence-electron chi connectivity index (χ3n) is 4.25. The molecule has 1 saturated carbocycles. The number of carbonyl (C=O) groups is 1. The van der Waals surface area contributed by atoms with Crippen molar-refractivity contribution >= 4 is 5.91 Å². The van der Waals surface area contributed by atoms with Crippen molar-refractivity contribution in [2.45, 2.75) is 59.1 Å². The van der Waals surface area contributed by atoms with Gasteiger partial charge < -0.3 is 15.8 Å². The van der Waals surface area contributed by atoms with E-state index in [0.717, 1.165) is 12.8 Å². The molecule has 0 radical (unpaired) electrons. The minimum absolute atomic E-state index is 0.0450. The Labute approximate surface area is 117 Å². The molecule has 0 aromatic carbocycles. The normalized spacial score (nSPS) is 32.1. The Morgan fingerprint density at radius 1 is 1.32 bits per heavy atom. The van der Waals surface area contributed by atoms with E-state index in [1.807, 2.05) is 20.8 Å². The molecule has 1 aliphatic carbocycles. The molecule has 1 aliphatic rings. The standard InChI is InChI=1S/C15H30N2O2/c1-6-19-15(4,5)9-17-14(18)12-8-13(16)11(3)7-10(12)2/h10-13H,6-9,16H2,1-5H3,(H,17,18).